The van der Waals surface area contributed by atoms with Crippen LogP contribution in [0.25, 0.3) is 0 Å². The molecule has 0 saturated carbocycles. The van der Waals surface area contributed by atoms with Crippen LogP contribution < -0.4 is 10.6 Å². The fourth-order valence-electron chi connectivity index (χ4n) is 1.92. The predicted octanol–water partition coefficient (Wildman–Crippen LogP) is 0.858. The largest absolute Gasteiger partial charge is 0.355 e. The van der Waals surface area contributed by atoms with Gasteiger partial charge in [-0.2, -0.15) is 5.10 Å². The Kier molecular flexibility index (Phi) is 5.23. The highest BCUT2D eigenvalue weighted by molar-refractivity contribution is 5.79. The van der Waals surface area contributed by atoms with Crippen LogP contribution in [0.4, 0.5) is 0 Å². The standard InChI is InChI=1S/C14H22N6/c1-13-11-18-20(12-13)10-6-17-14(15-2)16-5-9-19-7-3-4-8-19/h3-4,7-8,11-12H,5-6,9-10H2,1-2H3,(H2,15,16,17). The van der Waals surface area contributed by atoms with Crippen molar-refractivity contribution >= 4 is 5.96 Å². The van der Waals surface area contributed by atoms with Crippen molar-refractivity contribution in [1.82, 2.24) is 25.0 Å². The minimum atomic E-state index is 0.796. The molecule has 0 aromatic carbocycles. The van der Waals surface area contributed by atoms with Crippen LogP contribution >= 0.6 is 0 Å². The summed E-state index contributed by atoms with van der Waals surface area (Å²) in [5, 5.41) is 10.8. The van der Waals surface area contributed by atoms with Gasteiger partial charge in [0.05, 0.1) is 12.7 Å². The second-order valence-corrected chi connectivity index (χ2v) is 4.63. The average Bonchev–Trinajstić information content (AvgIpc) is 3.09. The molecule has 6 heteroatoms. The normalized spacial score (nSPS) is 11.6. The number of aliphatic imine (C=N–C) groups is 1. The molecule has 0 unspecified atom stereocenters. The number of hydrogen-bond acceptors (Lipinski definition) is 2. The van der Waals surface area contributed by atoms with E-state index in [2.05, 4.69) is 37.7 Å². The Labute approximate surface area is 119 Å². The molecule has 20 heavy (non-hydrogen) atoms. The molecule has 0 aliphatic heterocycles. The van der Waals surface area contributed by atoms with E-state index in [4.69, 9.17) is 0 Å². The summed E-state index contributed by atoms with van der Waals surface area (Å²) in [4.78, 5) is 4.20. The Bertz CT molecular complexity index is 526. The Morgan fingerprint density at radius 1 is 1.20 bits per heavy atom. The van der Waals surface area contributed by atoms with Gasteiger partial charge in [-0.25, -0.2) is 0 Å². The third kappa shape index (κ3) is 4.46. The van der Waals surface area contributed by atoms with Crippen molar-refractivity contribution in [3.05, 3.63) is 42.5 Å². The molecule has 0 fully saturated rings. The van der Waals surface area contributed by atoms with E-state index in [1.165, 1.54) is 5.56 Å². The van der Waals surface area contributed by atoms with E-state index in [0.29, 0.717) is 0 Å². The lowest BCUT2D eigenvalue weighted by atomic mass is 10.4. The lowest BCUT2D eigenvalue weighted by Gasteiger charge is -2.12. The summed E-state index contributed by atoms with van der Waals surface area (Å²) in [7, 11) is 1.78. The van der Waals surface area contributed by atoms with E-state index >= 15 is 0 Å². The number of aromatic nitrogens is 3. The van der Waals surface area contributed by atoms with Crippen LogP contribution in [0.5, 0.6) is 0 Å². The average molecular weight is 274 g/mol. The van der Waals surface area contributed by atoms with Gasteiger partial charge < -0.3 is 15.2 Å². The highest BCUT2D eigenvalue weighted by Crippen LogP contribution is 1.92. The molecule has 0 radical (unpaired) electrons. The van der Waals surface area contributed by atoms with Gasteiger partial charge in [0.25, 0.3) is 0 Å². The Morgan fingerprint density at radius 2 is 1.90 bits per heavy atom. The minimum absolute atomic E-state index is 0.796. The minimum Gasteiger partial charge on any atom is -0.355 e. The maximum Gasteiger partial charge on any atom is 0.191 e. The third-order valence-electron chi connectivity index (χ3n) is 2.95. The van der Waals surface area contributed by atoms with Crippen molar-refractivity contribution in [2.75, 3.05) is 20.1 Å². The summed E-state index contributed by atoms with van der Waals surface area (Å²) in [5.74, 6) is 0.820. The van der Waals surface area contributed by atoms with Gasteiger partial charge in [0.15, 0.2) is 5.96 Å². The fraction of sp³-hybridized carbons (Fsp3) is 0.429. The van der Waals surface area contributed by atoms with Crippen LogP contribution in [0.3, 0.4) is 0 Å². The van der Waals surface area contributed by atoms with Crippen LogP contribution in [0.15, 0.2) is 41.9 Å². The Balaban J connectivity index is 1.65. The zero-order valence-electron chi connectivity index (χ0n) is 12.1. The molecule has 2 rings (SSSR count). The summed E-state index contributed by atoms with van der Waals surface area (Å²) in [6.45, 7) is 5.43. The van der Waals surface area contributed by atoms with Gasteiger partial charge >= 0.3 is 0 Å². The maximum absolute atomic E-state index is 4.25. The second-order valence-electron chi connectivity index (χ2n) is 4.63. The zero-order chi connectivity index (χ0) is 14.2. The van der Waals surface area contributed by atoms with Crippen LogP contribution in [0.1, 0.15) is 5.56 Å². The lowest BCUT2D eigenvalue weighted by molar-refractivity contribution is 0.593. The van der Waals surface area contributed by atoms with Gasteiger partial charge in [0, 0.05) is 45.3 Å². The summed E-state index contributed by atoms with van der Waals surface area (Å²) in [6, 6.07) is 4.05. The number of guanidine groups is 1. The molecule has 2 aromatic rings. The molecule has 0 spiro atoms. The first-order chi connectivity index (χ1) is 9.78. The highest BCUT2D eigenvalue weighted by atomic mass is 15.3. The van der Waals surface area contributed by atoms with Gasteiger partial charge in [0.1, 0.15) is 0 Å². The second kappa shape index (κ2) is 7.37. The van der Waals surface area contributed by atoms with E-state index in [1.54, 1.807) is 7.05 Å². The smallest absolute Gasteiger partial charge is 0.191 e. The molecule has 2 N–H and O–H groups in total. The summed E-state index contributed by atoms with van der Waals surface area (Å²) in [5.41, 5.74) is 1.18. The molecular formula is C14H22N6. The molecule has 0 saturated heterocycles. The molecule has 0 bridgehead atoms. The lowest BCUT2D eigenvalue weighted by Crippen LogP contribution is -2.40. The highest BCUT2D eigenvalue weighted by Gasteiger charge is 1.98. The molecule has 108 valence electrons. The van der Waals surface area contributed by atoms with E-state index in [1.807, 2.05) is 36.1 Å². The Morgan fingerprint density at radius 3 is 2.50 bits per heavy atom. The summed E-state index contributed by atoms with van der Waals surface area (Å²) < 4.78 is 4.06. The number of nitrogens with one attached hydrogen (secondary N) is 2. The van der Waals surface area contributed by atoms with Gasteiger partial charge in [0.2, 0.25) is 0 Å². The number of hydrogen-bond donors (Lipinski definition) is 2. The summed E-state index contributed by atoms with van der Waals surface area (Å²) >= 11 is 0. The molecule has 2 aromatic heterocycles. The number of rotatable bonds is 6. The van der Waals surface area contributed by atoms with Gasteiger partial charge in [-0.3, -0.25) is 9.67 Å². The van der Waals surface area contributed by atoms with Crippen LogP contribution in [-0.4, -0.2) is 40.4 Å². The fourth-order valence-corrected chi connectivity index (χ4v) is 1.92. The van der Waals surface area contributed by atoms with Crippen molar-refractivity contribution in [1.29, 1.82) is 0 Å². The first-order valence-corrected chi connectivity index (χ1v) is 6.82. The quantitative estimate of drug-likeness (QED) is 0.607. The summed E-state index contributed by atoms with van der Waals surface area (Å²) in [6.07, 6.45) is 8.00. The van der Waals surface area contributed by atoms with Crippen LogP contribution in [0, 0.1) is 6.92 Å². The van der Waals surface area contributed by atoms with Crippen molar-refractivity contribution < 1.29 is 0 Å². The van der Waals surface area contributed by atoms with Gasteiger partial charge in [-0.15, -0.1) is 0 Å². The van der Waals surface area contributed by atoms with E-state index in [9.17, 15) is 0 Å². The molecule has 0 aliphatic carbocycles. The topological polar surface area (TPSA) is 59.2 Å². The maximum atomic E-state index is 4.25. The monoisotopic (exact) mass is 274 g/mol. The molecule has 0 amide bonds. The molecule has 6 nitrogen and oxygen atoms in total. The van der Waals surface area contributed by atoms with Gasteiger partial charge in [-0.05, 0) is 24.6 Å². The van der Waals surface area contributed by atoms with E-state index < -0.39 is 0 Å². The van der Waals surface area contributed by atoms with E-state index in [0.717, 1.165) is 32.1 Å². The van der Waals surface area contributed by atoms with Gasteiger partial charge in [-0.1, -0.05) is 0 Å². The number of aryl methyl sites for hydroxylation is 1. The SMILES string of the molecule is CN=C(NCCn1cccc1)NCCn1cc(C)cn1. The molecule has 0 aliphatic rings. The first-order valence-electron chi connectivity index (χ1n) is 6.82. The van der Waals surface area contributed by atoms with Crippen molar-refractivity contribution in [2.45, 2.75) is 20.0 Å². The first kappa shape index (κ1) is 14.2. The third-order valence-corrected chi connectivity index (χ3v) is 2.95. The van der Waals surface area contributed by atoms with Crippen molar-refractivity contribution in [3.8, 4) is 0 Å². The van der Waals surface area contributed by atoms with Crippen LogP contribution in [0.2, 0.25) is 0 Å². The number of nitrogens with zero attached hydrogens (tertiary/aromatic N) is 4. The molecule has 0 atom stereocenters. The van der Waals surface area contributed by atoms with Crippen molar-refractivity contribution in [3.63, 3.8) is 0 Å². The van der Waals surface area contributed by atoms with Crippen molar-refractivity contribution in [2.24, 2.45) is 4.99 Å². The Hall–Kier alpha value is -2.24. The van der Waals surface area contributed by atoms with Crippen LogP contribution in [-0.2, 0) is 13.1 Å². The predicted molar refractivity (Wildman–Crippen MR) is 80.8 cm³/mol. The molecule has 2 heterocycles. The zero-order valence-corrected chi connectivity index (χ0v) is 12.1. The molecular weight excluding hydrogens is 252 g/mol. The van der Waals surface area contributed by atoms with E-state index in [-0.39, 0.29) is 0 Å².